The summed E-state index contributed by atoms with van der Waals surface area (Å²) in [5, 5.41) is 5.33. The monoisotopic (exact) mass is 391 g/mol. The van der Waals surface area contributed by atoms with Crippen LogP contribution in [-0.2, 0) is 4.79 Å². The summed E-state index contributed by atoms with van der Waals surface area (Å²) < 4.78 is 0. The maximum atomic E-state index is 12.4. The molecule has 0 unspecified atom stereocenters. The predicted octanol–water partition coefficient (Wildman–Crippen LogP) is 2.45. The molecule has 0 aliphatic carbocycles. The number of carbonyl (C=O) groups excluding carboxylic acids is 4. The van der Waals surface area contributed by atoms with Crippen LogP contribution in [0, 0.1) is 13.8 Å². The van der Waals surface area contributed by atoms with E-state index in [1.54, 1.807) is 0 Å². The minimum absolute atomic E-state index is 0.104. The molecule has 7 heteroatoms. The lowest BCUT2D eigenvalue weighted by molar-refractivity contribution is -0.115. The Morgan fingerprint density at radius 3 is 2.34 bits per heavy atom. The van der Waals surface area contributed by atoms with Crippen molar-refractivity contribution in [2.75, 3.05) is 18.4 Å². The van der Waals surface area contributed by atoms with Crippen molar-refractivity contribution in [3.05, 3.63) is 76.9 Å². The van der Waals surface area contributed by atoms with Gasteiger partial charge in [-0.05, 0) is 43.2 Å². The zero-order valence-electron chi connectivity index (χ0n) is 16.2. The lowest BCUT2D eigenvalue weighted by Gasteiger charge is -2.12. The van der Waals surface area contributed by atoms with Gasteiger partial charge in [0.25, 0.3) is 17.7 Å². The molecule has 2 aromatic rings. The molecule has 1 aliphatic heterocycles. The van der Waals surface area contributed by atoms with E-state index >= 15 is 0 Å². The number of rotatable bonds is 6. The SMILES string of the molecule is C=CCN1C(=O)c2ccc(C(=O)NCC(=O)Nc3c(C)cccc3C)cc2C1=O. The summed E-state index contributed by atoms with van der Waals surface area (Å²) in [6.45, 7) is 7.19. The number of aryl methyl sites for hydroxylation is 2. The first-order valence-corrected chi connectivity index (χ1v) is 9.09. The first kappa shape index (κ1) is 20.0. The van der Waals surface area contributed by atoms with Gasteiger partial charge in [-0.3, -0.25) is 24.1 Å². The molecule has 0 spiro atoms. The molecule has 29 heavy (non-hydrogen) atoms. The van der Waals surface area contributed by atoms with Crippen molar-refractivity contribution in [2.24, 2.45) is 0 Å². The highest BCUT2D eigenvalue weighted by molar-refractivity contribution is 6.22. The van der Waals surface area contributed by atoms with Gasteiger partial charge in [0, 0.05) is 17.8 Å². The van der Waals surface area contributed by atoms with Gasteiger partial charge >= 0.3 is 0 Å². The number of para-hydroxylation sites is 1. The second kappa shape index (κ2) is 8.10. The van der Waals surface area contributed by atoms with Gasteiger partial charge < -0.3 is 10.6 Å². The van der Waals surface area contributed by atoms with Crippen LogP contribution in [-0.4, -0.2) is 41.6 Å². The van der Waals surface area contributed by atoms with Crippen LogP contribution in [0.2, 0.25) is 0 Å². The smallest absolute Gasteiger partial charge is 0.261 e. The molecule has 0 radical (unpaired) electrons. The third-order valence-electron chi connectivity index (χ3n) is 4.70. The maximum absolute atomic E-state index is 12.4. The third-order valence-corrected chi connectivity index (χ3v) is 4.70. The predicted molar refractivity (Wildman–Crippen MR) is 109 cm³/mol. The number of amides is 4. The van der Waals surface area contributed by atoms with Crippen molar-refractivity contribution in [3.63, 3.8) is 0 Å². The zero-order valence-corrected chi connectivity index (χ0v) is 16.2. The number of nitrogens with one attached hydrogen (secondary N) is 2. The Bertz CT molecular complexity index is 1020. The van der Waals surface area contributed by atoms with Crippen molar-refractivity contribution in [2.45, 2.75) is 13.8 Å². The van der Waals surface area contributed by atoms with E-state index in [0.29, 0.717) is 0 Å². The standard InChI is InChI=1S/C22H21N3O4/c1-4-10-25-21(28)16-9-8-15(11-17(16)22(25)29)20(27)23-12-18(26)24-19-13(2)6-5-7-14(19)3/h4-9,11H,1,10,12H2,2-3H3,(H,23,27)(H,24,26). The first-order chi connectivity index (χ1) is 13.8. The van der Waals surface area contributed by atoms with Crippen LogP contribution in [0.25, 0.3) is 0 Å². The van der Waals surface area contributed by atoms with Gasteiger partial charge in [-0.25, -0.2) is 0 Å². The highest BCUT2D eigenvalue weighted by Crippen LogP contribution is 2.24. The molecule has 0 atom stereocenters. The van der Waals surface area contributed by atoms with E-state index in [2.05, 4.69) is 17.2 Å². The molecular formula is C22H21N3O4. The van der Waals surface area contributed by atoms with E-state index in [1.807, 2.05) is 32.0 Å². The van der Waals surface area contributed by atoms with Crippen molar-refractivity contribution < 1.29 is 19.2 Å². The second-order valence-electron chi connectivity index (χ2n) is 6.77. The molecule has 4 amide bonds. The fraction of sp³-hybridized carbons (Fsp3) is 0.182. The number of hydrogen-bond acceptors (Lipinski definition) is 4. The van der Waals surface area contributed by atoms with Crippen LogP contribution >= 0.6 is 0 Å². The first-order valence-electron chi connectivity index (χ1n) is 9.09. The maximum Gasteiger partial charge on any atom is 0.261 e. The van der Waals surface area contributed by atoms with Gasteiger partial charge in [0.1, 0.15) is 0 Å². The van der Waals surface area contributed by atoms with Crippen LogP contribution in [0.3, 0.4) is 0 Å². The van der Waals surface area contributed by atoms with Crippen molar-refractivity contribution in [1.29, 1.82) is 0 Å². The van der Waals surface area contributed by atoms with Crippen LogP contribution in [0.5, 0.6) is 0 Å². The molecule has 0 saturated heterocycles. The number of benzene rings is 2. The highest BCUT2D eigenvalue weighted by Gasteiger charge is 2.35. The summed E-state index contributed by atoms with van der Waals surface area (Å²) in [5.41, 5.74) is 3.19. The molecule has 2 N–H and O–H groups in total. The molecule has 3 rings (SSSR count). The highest BCUT2D eigenvalue weighted by atomic mass is 16.2. The molecule has 0 saturated carbocycles. The molecule has 1 heterocycles. The Kier molecular flexibility index (Phi) is 5.59. The molecule has 148 valence electrons. The summed E-state index contributed by atoms with van der Waals surface area (Å²) >= 11 is 0. The van der Waals surface area contributed by atoms with Crippen LogP contribution < -0.4 is 10.6 Å². The Balaban J connectivity index is 1.67. The summed E-state index contributed by atoms with van der Waals surface area (Å²) in [6.07, 6.45) is 1.46. The Morgan fingerprint density at radius 2 is 1.69 bits per heavy atom. The summed E-state index contributed by atoms with van der Waals surface area (Å²) in [5.74, 6) is -1.75. The average molecular weight is 391 g/mol. The molecular weight excluding hydrogens is 370 g/mol. The normalized spacial score (nSPS) is 12.6. The lowest BCUT2D eigenvalue weighted by Crippen LogP contribution is -2.33. The average Bonchev–Trinajstić information content (AvgIpc) is 2.94. The number of anilines is 1. The number of imide groups is 1. The summed E-state index contributed by atoms with van der Waals surface area (Å²) in [7, 11) is 0. The van der Waals surface area contributed by atoms with E-state index < -0.39 is 17.7 Å². The number of fused-ring (bicyclic) bond motifs is 1. The minimum atomic E-state index is -0.508. The van der Waals surface area contributed by atoms with Gasteiger partial charge in [0.05, 0.1) is 17.7 Å². The van der Waals surface area contributed by atoms with E-state index in [1.165, 1.54) is 24.3 Å². The quantitative estimate of drug-likeness (QED) is 0.584. The minimum Gasteiger partial charge on any atom is -0.343 e. The van der Waals surface area contributed by atoms with E-state index in [0.717, 1.165) is 21.7 Å². The summed E-state index contributed by atoms with van der Waals surface area (Å²) in [6, 6.07) is 9.96. The summed E-state index contributed by atoms with van der Waals surface area (Å²) in [4.78, 5) is 50.3. The molecule has 0 bridgehead atoms. The van der Waals surface area contributed by atoms with Gasteiger partial charge in [0.2, 0.25) is 5.91 Å². The van der Waals surface area contributed by atoms with E-state index in [4.69, 9.17) is 0 Å². The van der Waals surface area contributed by atoms with Gasteiger partial charge in [-0.1, -0.05) is 24.3 Å². The van der Waals surface area contributed by atoms with Crippen LogP contribution in [0.4, 0.5) is 5.69 Å². The molecule has 1 aliphatic rings. The Labute approximate surface area is 168 Å². The molecule has 0 aromatic heterocycles. The van der Waals surface area contributed by atoms with Crippen molar-refractivity contribution >= 4 is 29.3 Å². The lowest BCUT2D eigenvalue weighted by atomic mass is 10.1. The Hall–Kier alpha value is -3.74. The topological polar surface area (TPSA) is 95.6 Å². The van der Waals surface area contributed by atoms with Crippen LogP contribution in [0.15, 0.2) is 49.1 Å². The fourth-order valence-electron chi connectivity index (χ4n) is 3.18. The van der Waals surface area contributed by atoms with Crippen molar-refractivity contribution in [1.82, 2.24) is 10.2 Å². The van der Waals surface area contributed by atoms with E-state index in [-0.39, 0.29) is 35.7 Å². The second-order valence-corrected chi connectivity index (χ2v) is 6.77. The van der Waals surface area contributed by atoms with Crippen molar-refractivity contribution in [3.8, 4) is 0 Å². The van der Waals surface area contributed by atoms with E-state index in [9.17, 15) is 19.2 Å². The van der Waals surface area contributed by atoms with Gasteiger partial charge in [-0.2, -0.15) is 0 Å². The fourth-order valence-corrected chi connectivity index (χ4v) is 3.18. The third kappa shape index (κ3) is 3.94. The van der Waals surface area contributed by atoms with Crippen LogP contribution in [0.1, 0.15) is 42.2 Å². The molecule has 2 aromatic carbocycles. The Morgan fingerprint density at radius 1 is 1.03 bits per heavy atom. The number of nitrogens with zero attached hydrogens (tertiary/aromatic N) is 1. The van der Waals surface area contributed by atoms with Gasteiger partial charge in [-0.15, -0.1) is 6.58 Å². The number of carbonyl (C=O) groups is 4. The zero-order chi connectivity index (χ0) is 21.1. The molecule has 0 fully saturated rings. The number of hydrogen-bond donors (Lipinski definition) is 2. The van der Waals surface area contributed by atoms with Gasteiger partial charge in [0.15, 0.2) is 0 Å². The largest absolute Gasteiger partial charge is 0.343 e. The molecule has 7 nitrogen and oxygen atoms in total.